The third kappa shape index (κ3) is 4.37. The zero-order valence-electron chi connectivity index (χ0n) is 13.9. The van der Waals surface area contributed by atoms with Gasteiger partial charge in [0.25, 0.3) is 0 Å². The molecular formula is C20H22FNO3. The van der Waals surface area contributed by atoms with Crippen LogP contribution in [-0.4, -0.2) is 23.7 Å². The first-order valence-electron chi connectivity index (χ1n) is 8.56. The molecule has 0 aliphatic heterocycles. The molecule has 1 saturated carbocycles. The molecule has 1 aliphatic rings. The average Bonchev–Trinajstić information content (AvgIpc) is 3.06. The number of halogens is 1. The Hall–Kier alpha value is -2.40. The SMILES string of the molecule is O=C(NC(COc1ccccc1F)c1ccccc1)C1CCCC1O. The first-order chi connectivity index (χ1) is 12.1. The van der Waals surface area contributed by atoms with E-state index >= 15 is 0 Å². The monoisotopic (exact) mass is 343 g/mol. The first kappa shape index (κ1) is 17.4. The molecule has 2 N–H and O–H groups in total. The summed E-state index contributed by atoms with van der Waals surface area (Å²) in [6.07, 6.45) is 1.59. The lowest BCUT2D eigenvalue weighted by atomic mass is 10.0. The highest BCUT2D eigenvalue weighted by molar-refractivity contribution is 5.80. The smallest absolute Gasteiger partial charge is 0.226 e. The quantitative estimate of drug-likeness (QED) is 0.847. The molecular weight excluding hydrogens is 321 g/mol. The van der Waals surface area contributed by atoms with Crippen molar-refractivity contribution in [3.8, 4) is 5.75 Å². The van der Waals surface area contributed by atoms with Crippen LogP contribution in [0.5, 0.6) is 5.75 Å². The van der Waals surface area contributed by atoms with E-state index in [1.165, 1.54) is 6.07 Å². The second-order valence-electron chi connectivity index (χ2n) is 6.32. The highest BCUT2D eigenvalue weighted by Gasteiger charge is 2.32. The van der Waals surface area contributed by atoms with Gasteiger partial charge in [0.1, 0.15) is 6.61 Å². The fraction of sp³-hybridized carbons (Fsp3) is 0.350. The second kappa shape index (κ2) is 8.12. The molecule has 5 heteroatoms. The maximum atomic E-state index is 13.8. The summed E-state index contributed by atoms with van der Waals surface area (Å²) < 4.78 is 19.3. The molecule has 0 aromatic heterocycles. The summed E-state index contributed by atoms with van der Waals surface area (Å²) in [5, 5.41) is 12.9. The van der Waals surface area contributed by atoms with Gasteiger partial charge in [0.15, 0.2) is 11.6 Å². The minimum Gasteiger partial charge on any atom is -0.488 e. The third-order valence-corrected chi connectivity index (χ3v) is 4.58. The topological polar surface area (TPSA) is 58.6 Å². The highest BCUT2D eigenvalue weighted by Crippen LogP contribution is 2.27. The van der Waals surface area contributed by atoms with E-state index < -0.39 is 18.0 Å². The van der Waals surface area contributed by atoms with E-state index in [4.69, 9.17) is 4.74 Å². The van der Waals surface area contributed by atoms with E-state index in [1.54, 1.807) is 18.2 Å². The summed E-state index contributed by atoms with van der Waals surface area (Å²) >= 11 is 0. The number of aliphatic hydroxyl groups excluding tert-OH is 1. The van der Waals surface area contributed by atoms with E-state index in [1.807, 2.05) is 30.3 Å². The molecule has 0 bridgehead atoms. The molecule has 25 heavy (non-hydrogen) atoms. The molecule has 1 amide bonds. The van der Waals surface area contributed by atoms with Crippen LogP contribution in [0.4, 0.5) is 4.39 Å². The van der Waals surface area contributed by atoms with Gasteiger partial charge in [0.2, 0.25) is 5.91 Å². The van der Waals surface area contributed by atoms with Gasteiger partial charge < -0.3 is 15.2 Å². The minimum atomic E-state index is -0.594. The van der Waals surface area contributed by atoms with Crippen LogP contribution in [0.3, 0.4) is 0 Å². The lowest BCUT2D eigenvalue weighted by Gasteiger charge is -2.23. The number of nitrogens with one attached hydrogen (secondary N) is 1. The van der Waals surface area contributed by atoms with Crippen LogP contribution in [0.2, 0.25) is 0 Å². The van der Waals surface area contributed by atoms with Crippen LogP contribution in [0.1, 0.15) is 30.9 Å². The Balaban J connectivity index is 1.71. The van der Waals surface area contributed by atoms with Crippen molar-refractivity contribution >= 4 is 5.91 Å². The maximum Gasteiger partial charge on any atom is 0.226 e. The van der Waals surface area contributed by atoms with Gasteiger partial charge in [-0.3, -0.25) is 4.79 Å². The van der Waals surface area contributed by atoms with E-state index in [9.17, 15) is 14.3 Å². The Morgan fingerprint density at radius 3 is 2.56 bits per heavy atom. The van der Waals surface area contributed by atoms with Crippen molar-refractivity contribution in [3.05, 3.63) is 66.0 Å². The largest absolute Gasteiger partial charge is 0.488 e. The molecule has 2 aromatic rings. The predicted molar refractivity (Wildman–Crippen MR) is 92.6 cm³/mol. The predicted octanol–water partition coefficient (Wildman–Crippen LogP) is 3.22. The fourth-order valence-corrected chi connectivity index (χ4v) is 3.17. The number of carbonyl (C=O) groups excluding carboxylic acids is 1. The van der Waals surface area contributed by atoms with Crippen LogP contribution in [0.25, 0.3) is 0 Å². The summed E-state index contributed by atoms with van der Waals surface area (Å²) in [5.41, 5.74) is 0.875. The number of aliphatic hydroxyl groups is 1. The number of rotatable bonds is 6. The summed E-state index contributed by atoms with van der Waals surface area (Å²) in [4.78, 5) is 12.5. The number of carbonyl (C=O) groups is 1. The molecule has 0 saturated heterocycles. The Bertz CT molecular complexity index is 707. The van der Waals surface area contributed by atoms with Gasteiger partial charge in [0, 0.05) is 0 Å². The Morgan fingerprint density at radius 1 is 1.16 bits per heavy atom. The van der Waals surface area contributed by atoms with Crippen molar-refractivity contribution < 1.29 is 19.0 Å². The standard InChI is InChI=1S/C20H22FNO3/c21-16-10-4-5-12-19(16)25-13-17(14-7-2-1-3-8-14)22-20(24)15-9-6-11-18(15)23/h1-5,7-8,10,12,15,17-18,23H,6,9,11,13H2,(H,22,24). The van der Waals surface area contributed by atoms with Crippen molar-refractivity contribution in [2.24, 2.45) is 5.92 Å². The van der Waals surface area contributed by atoms with E-state index in [0.29, 0.717) is 12.8 Å². The van der Waals surface area contributed by atoms with Crippen molar-refractivity contribution in [1.29, 1.82) is 0 Å². The Kier molecular flexibility index (Phi) is 5.66. The fourth-order valence-electron chi connectivity index (χ4n) is 3.17. The van der Waals surface area contributed by atoms with Crippen molar-refractivity contribution in [2.45, 2.75) is 31.4 Å². The molecule has 3 unspecified atom stereocenters. The molecule has 0 spiro atoms. The number of ether oxygens (including phenoxy) is 1. The van der Waals surface area contributed by atoms with Gasteiger partial charge >= 0.3 is 0 Å². The Morgan fingerprint density at radius 2 is 1.88 bits per heavy atom. The molecule has 1 fully saturated rings. The molecule has 0 radical (unpaired) electrons. The molecule has 4 nitrogen and oxygen atoms in total. The Labute approximate surface area is 146 Å². The number of benzene rings is 2. The van der Waals surface area contributed by atoms with Crippen LogP contribution in [0, 0.1) is 11.7 Å². The van der Waals surface area contributed by atoms with Gasteiger partial charge in [0.05, 0.1) is 18.1 Å². The zero-order chi connectivity index (χ0) is 17.6. The summed E-state index contributed by atoms with van der Waals surface area (Å²) in [5.74, 6) is -0.860. The van der Waals surface area contributed by atoms with Crippen LogP contribution < -0.4 is 10.1 Å². The zero-order valence-corrected chi connectivity index (χ0v) is 13.9. The van der Waals surface area contributed by atoms with E-state index in [-0.39, 0.29) is 24.2 Å². The lowest BCUT2D eigenvalue weighted by Crippen LogP contribution is -2.39. The highest BCUT2D eigenvalue weighted by atomic mass is 19.1. The van der Waals surface area contributed by atoms with Gasteiger partial charge in [-0.2, -0.15) is 0 Å². The third-order valence-electron chi connectivity index (χ3n) is 4.58. The summed E-state index contributed by atoms with van der Waals surface area (Å²) in [6, 6.07) is 15.2. The number of amides is 1. The summed E-state index contributed by atoms with van der Waals surface area (Å²) in [6.45, 7) is 0.111. The molecule has 132 valence electrons. The number of hydrogen-bond acceptors (Lipinski definition) is 3. The minimum absolute atomic E-state index is 0.111. The molecule has 3 rings (SSSR count). The maximum absolute atomic E-state index is 13.8. The molecule has 0 heterocycles. The number of hydrogen-bond donors (Lipinski definition) is 2. The number of para-hydroxylation sites is 1. The van der Waals surface area contributed by atoms with E-state index in [0.717, 1.165) is 12.0 Å². The molecule has 2 aromatic carbocycles. The van der Waals surface area contributed by atoms with Crippen molar-refractivity contribution in [3.63, 3.8) is 0 Å². The van der Waals surface area contributed by atoms with E-state index in [2.05, 4.69) is 5.32 Å². The molecule has 1 aliphatic carbocycles. The van der Waals surface area contributed by atoms with Crippen LogP contribution in [0.15, 0.2) is 54.6 Å². The van der Waals surface area contributed by atoms with Crippen molar-refractivity contribution in [1.82, 2.24) is 5.32 Å². The van der Waals surface area contributed by atoms with Crippen molar-refractivity contribution in [2.75, 3.05) is 6.61 Å². The van der Waals surface area contributed by atoms with Crippen LogP contribution >= 0.6 is 0 Å². The normalized spacial score (nSPS) is 20.9. The van der Waals surface area contributed by atoms with Gasteiger partial charge in [-0.05, 0) is 37.0 Å². The van der Waals surface area contributed by atoms with Gasteiger partial charge in [-0.1, -0.05) is 42.5 Å². The van der Waals surface area contributed by atoms with Crippen LogP contribution in [-0.2, 0) is 4.79 Å². The first-order valence-corrected chi connectivity index (χ1v) is 8.56. The lowest BCUT2D eigenvalue weighted by molar-refractivity contribution is -0.128. The van der Waals surface area contributed by atoms with Gasteiger partial charge in [-0.25, -0.2) is 4.39 Å². The van der Waals surface area contributed by atoms with Gasteiger partial charge in [-0.15, -0.1) is 0 Å². The summed E-state index contributed by atoms with van der Waals surface area (Å²) in [7, 11) is 0. The second-order valence-corrected chi connectivity index (χ2v) is 6.32. The average molecular weight is 343 g/mol. The molecule has 3 atom stereocenters.